The molecule has 6 heteroatoms. The highest BCUT2D eigenvalue weighted by atomic mass is 32.2. The van der Waals surface area contributed by atoms with Gasteiger partial charge in [-0.2, -0.15) is 0 Å². The topological polar surface area (TPSA) is 54.3 Å². The van der Waals surface area contributed by atoms with Crippen molar-refractivity contribution >= 4 is 28.6 Å². The van der Waals surface area contributed by atoms with E-state index in [-0.39, 0.29) is 11.5 Å². The summed E-state index contributed by atoms with van der Waals surface area (Å²) in [6, 6.07) is 9.40. The molecule has 0 fully saturated rings. The molecule has 0 saturated carbocycles. The molecule has 26 heavy (non-hydrogen) atoms. The lowest BCUT2D eigenvalue weighted by Crippen LogP contribution is -2.36. The number of fused-ring (bicyclic) bond motifs is 1. The van der Waals surface area contributed by atoms with Crippen molar-refractivity contribution in [3.8, 4) is 0 Å². The zero-order valence-electron chi connectivity index (χ0n) is 16.0. The van der Waals surface area contributed by atoms with Crippen LogP contribution < -0.4 is 10.9 Å². The summed E-state index contributed by atoms with van der Waals surface area (Å²) in [7, 11) is 1.77. The van der Waals surface area contributed by atoms with E-state index in [0.717, 1.165) is 48.3 Å². The van der Waals surface area contributed by atoms with Crippen molar-refractivity contribution in [3.05, 3.63) is 40.7 Å². The summed E-state index contributed by atoms with van der Waals surface area (Å²) in [4.78, 5) is 27.5. The van der Waals surface area contributed by atoms with Crippen LogP contribution >= 0.6 is 11.8 Å². The van der Waals surface area contributed by atoms with Gasteiger partial charge in [0.05, 0.1) is 11.3 Å². The van der Waals surface area contributed by atoms with E-state index in [2.05, 4.69) is 24.1 Å². The van der Waals surface area contributed by atoms with Crippen LogP contribution in [0.1, 0.15) is 26.7 Å². The van der Waals surface area contributed by atoms with Crippen LogP contribution in [-0.4, -0.2) is 47.3 Å². The highest BCUT2D eigenvalue weighted by molar-refractivity contribution is 8.00. The van der Waals surface area contributed by atoms with Crippen molar-refractivity contribution in [2.24, 2.45) is 7.05 Å². The van der Waals surface area contributed by atoms with E-state index in [1.165, 1.54) is 11.8 Å². The average Bonchev–Trinajstić information content (AvgIpc) is 2.64. The van der Waals surface area contributed by atoms with Crippen LogP contribution in [0, 0.1) is 0 Å². The number of aromatic nitrogens is 1. The first-order valence-electron chi connectivity index (χ1n) is 9.27. The molecule has 0 saturated heterocycles. The molecule has 0 bridgehead atoms. The number of nitrogens with zero attached hydrogens (tertiary/aromatic N) is 2. The van der Waals surface area contributed by atoms with Gasteiger partial charge in [0.15, 0.2) is 0 Å². The Kier molecular flexibility index (Phi) is 8.19. The van der Waals surface area contributed by atoms with Crippen molar-refractivity contribution in [1.82, 2.24) is 14.8 Å². The third-order valence-electron chi connectivity index (χ3n) is 4.30. The van der Waals surface area contributed by atoms with Crippen molar-refractivity contribution < 1.29 is 4.79 Å². The lowest BCUT2D eigenvalue weighted by molar-refractivity contribution is -0.118. The number of para-hydroxylation sites is 1. The first-order chi connectivity index (χ1) is 12.6. The predicted molar refractivity (Wildman–Crippen MR) is 110 cm³/mol. The SMILES string of the molecule is CCCN(CCC)CCNC(=O)CSc1cc(=O)n(C)c2ccccc12. The molecular formula is C20H29N3O2S. The van der Waals surface area contributed by atoms with Crippen LogP contribution in [-0.2, 0) is 11.8 Å². The standard InChI is InChI=1S/C20H29N3O2S/c1-4-11-23(12-5-2)13-10-21-19(24)15-26-18-14-20(25)22(3)17-9-7-6-8-16(17)18/h6-9,14H,4-5,10-13,15H2,1-3H3,(H,21,24). The van der Waals surface area contributed by atoms with Crippen LogP contribution in [0.5, 0.6) is 0 Å². The molecule has 0 aliphatic carbocycles. The van der Waals surface area contributed by atoms with Gasteiger partial charge in [-0.1, -0.05) is 32.0 Å². The van der Waals surface area contributed by atoms with E-state index < -0.39 is 0 Å². The minimum Gasteiger partial charge on any atom is -0.354 e. The van der Waals surface area contributed by atoms with Gasteiger partial charge in [-0.25, -0.2) is 0 Å². The molecule has 0 unspecified atom stereocenters. The number of hydrogen-bond acceptors (Lipinski definition) is 4. The third kappa shape index (κ3) is 5.61. The second-order valence-corrected chi connectivity index (χ2v) is 7.42. The molecule has 0 aliphatic rings. The van der Waals surface area contributed by atoms with Crippen molar-refractivity contribution in [3.63, 3.8) is 0 Å². The summed E-state index contributed by atoms with van der Waals surface area (Å²) >= 11 is 1.42. The molecule has 1 amide bonds. The monoisotopic (exact) mass is 375 g/mol. The van der Waals surface area contributed by atoms with E-state index >= 15 is 0 Å². The molecule has 2 rings (SSSR count). The summed E-state index contributed by atoms with van der Waals surface area (Å²) in [6.07, 6.45) is 2.25. The second-order valence-electron chi connectivity index (χ2n) is 6.40. The highest BCUT2D eigenvalue weighted by Crippen LogP contribution is 2.25. The van der Waals surface area contributed by atoms with Gasteiger partial charge >= 0.3 is 0 Å². The molecule has 0 aliphatic heterocycles. The van der Waals surface area contributed by atoms with E-state index in [9.17, 15) is 9.59 Å². The zero-order valence-corrected chi connectivity index (χ0v) is 16.8. The fraction of sp³-hybridized carbons (Fsp3) is 0.500. The molecule has 142 valence electrons. The number of carbonyl (C=O) groups is 1. The smallest absolute Gasteiger partial charge is 0.251 e. The largest absolute Gasteiger partial charge is 0.354 e. The van der Waals surface area contributed by atoms with Gasteiger partial charge in [0.25, 0.3) is 5.56 Å². The van der Waals surface area contributed by atoms with Gasteiger partial charge < -0.3 is 14.8 Å². The minimum absolute atomic E-state index is 0.00713. The molecule has 5 nitrogen and oxygen atoms in total. The Labute approximate surface area is 159 Å². The number of amides is 1. The average molecular weight is 376 g/mol. The van der Waals surface area contributed by atoms with E-state index in [1.54, 1.807) is 17.7 Å². The minimum atomic E-state index is -0.0543. The normalized spacial score (nSPS) is 11.2. The quantitative estimate of drug-likeness (QED) is 0.649. The number of aryl methyl sites for hydroxylation is 1. The Hall–Kier alpha value is -1.79. The maximum absolute atomic E-state index is 12.2. The van der Waals surface area contributed by atoms with Crippen molar-refractivity contribution in [2.45, 2.75) is 31.6 Å². The molecule has 0 atom stereocenters. The second kappa shape index (κ2) is 10.4. The number of hydrogen-bond donors (Lipinski definition) is 1. The van der Waals surface area contributed by atoms with E-state index in [0.29, 0.717) is 12.3 Å². The zero-order chi connectivity index (χ0) is 18.9. The van der Waals surface area contributed by atoms with E-state index in [1.807, 2.05) is 24.3 Å². The summed E-state index contributed by atoms with van der Waals surface area (Å²) in [5, 5.41) is 3.99. The van der Waals surface area contributed by atoms with Gasteiger partial charge in [0.2, 0.25) is 5.91 Å². The molecule has 1 aromatic heterocycles. The van der Waals surface area contributed by atoms with Crippen LogP contribution in [0.2, 0.25) is 0 Å². The van der Waals surface area contributed by atoms with Gasteiger partial charge in [-0.15, -0.1) is 11.8 Å². The Balaban J connectivity index is 1.91. The van der Waals surface area contributed by atoms with Crippen molar-refractivity contribution in [1.29, 1.82) is 0 Å². The third-order valence-corrected chi connectivity index (χ3v) is 5.36. The van der Waals surface area contributed by atoms with Crippen LogP contribution in [0.15, 0.2) is 40.0 Å². The molecule has 1 aromatic carbocycles. The molecule has 1 heterocycles. The lowest BCUT2D eigenvalue weighted by Gasteiger charge is -2.20. The molecule has 0 spiro atoms. The van der Waals surface area contributed by atoms with Gasteiger partial charge in [0.1, 0.15) is 0 Å². The number of thioether (sulfide) groups is 1. The van der Waals surface area contributed by atoms with Crippen LogP contribution in [0.25, 0.3) is 10.9 Å². The van der Waals surface area contributed by atoms with E-state index in [4.69, 9.17) is 0 Å². The summed E-state index contributed by atoms with van der Waals surface area (Å²) in [6.45, 7) is 8.03. The molecule has 2 aromatic rings. The number of nitrogens with one attached hydrogen (secondary N) is 1. The van der Waals surface area contributed by atoms with Crippen molar-refractivity contribution in [2.75, 3.05) is 31.9 Å². The lowest BCUT2D eigenvalue weighted by atomic mass is 10.2. The first-order valence-corrected chi connectivity index (χ1v) is 10.3. The predicted octanol–water partition coefficient (Wildman–Crippen LogP) is 2.87. The van der Waals surface area contributed by atoms with Gasteiger partial charge in [0, 0.05) is 36.5 Å². The molecule has 1 N–H and O–H groups in total. The number of benzene rings is 1. The van der Waals surface area contributed by atoms with Gasteiger partial charge in [-0.3, -0.25) is 9.59 Å². The maximum atomic E-state index is 12.2. The Morgan fingerprint density at radius 3 is 2.54 bits per heavy atom. The maximum Gasteiger partial charge on any atom is 0.251 e. The van der Waals surface area contributed by atoms with Gasteiger partial charge in [-0.05, 0) is 32.0 Å². The molecular weight excluding hydrogens is 346 g/mol. The highest BCUT2D eigenvalue weighted by Gasteiger charge is 2.10. The number of carbonyl (C=O) groups excluding carboxylic acids is 1. The first kappa shape index (κ1) is 20.5. The summed E-state index contributed by atoms with van der Waals surface area (Å²) in [5.74, 6) is 0.325. The fourth-order valence-corrected chi connectivity index (χ4v) is 3.92. The number of pyridine rings is 1. The Bertz CT molecular complexity index is 782. The number of rotatable bonds is 10. The Morgan fingerprint density at radius 2 is 1.85 bits per heavy atom. The Morgan fingerprint density at radius 1 is 1.15 bits per heavy atom. The van der Waals surface area contributed by atoms with Crippen LogP contribution in [0.3, 0.4) is 0 Å². The fourth-order valence-electron chi connectivity index (χ4n) is 3.01. The summed E-state index contributed by atoms with van der Waals surface area (Å²) in [5.41, 5.74) is 0.832. The van der Waals surface area contributed by atoms with Crippen LogP contribution in [0.4, 0.5) is 0 Å². The summed E-state index contributed by atoms with van der Waals surface area (Å²) < 4.78 is 1.63. The molecule has 0 radical (unpaired) electrons.